The van der Waals surface area contributed by atoms with Gasteiger partial charge in [0, 0.05) is 23.4 Å². The van der Waals surface area contributed by atoms with Gasteiger partial charge < -0.3 is 14.8 Å². The van der Waals surface area contributed by atoms with E-state index in [1.807, 2.05) is 0 Å². The number of nitrogens with one attached hydrogen (secondary N) is 1. The summed E-state index contributed by atoms with van der Waals surface area (Å²) in [5, 5.41) is 2.79. The lowest BCUT2D eigenvalue weighted by molar-refractivity contribution is -0.0855. The summed E-state index contributed by atoms with van der Waals surface area (Å²) in [5.41, 5.74) is 0.524. The predicted molar refractivity (Wildman–Crippen MR) is 64.8 cm³/mol. The van der Waals surface area contributed by atoms with Crippen LogP contribution in [0.3, 0.4) is 0 Å². The Morgan fingerprint density at radius 3 is 3.12 bits per heavy atom. The van der Waals surface area contributed by atoms with Crippen molar-refractivity contribution < 1.29 is 14.3 Å². The number of ether oxygens (including phenoxy) is 2. The number of nitrogens with zero attached hydrogens (tertiary/aromatic N) is 1. The first-order chi connectivity index (χ1) is 8.25. The molecule has 5 nitrogen and oxygen atoms in total. The molecule has 1 saturated heterocycles. The van der Waals surface area contributed by atoms with Gasteiger partial charge in [-0.2, -0.15) is 0 Å². The minimum atomic E-state index is -0.159. The van der Waals surface area contributed by atoms with Gasteiger partial charge in [0.25, 0.3) is 5.91 Å². The van der Waals surface area contributed by atoms with Gasteiger partial charge in [0.15, 0.2) is 0 Å². The number of aromatic nitrogens is 1. The lowest BCUT2D eigenvalue weighted by Gasteiger charge is -2.23. The number of hydrogen-bond acceptors (Lipinski definition) is 4. The highest BCUT2D eigenvalue weighted by atomic mass is 79.9. The van der Waals surface area contributed by atoms with Crippen LogP contribution in [0, 0.1) is 0 Å². The third kappa shape index (κ3) is 3.76. The molecule has 1 aliphatic rings. The fraction of sp³-hybridized carbons (Fsp3) is 0.455. The van der Waals surface area contributed by atoms with Gasteiger partial charge >= 0.3 is 0 Å². The number of pyridine rings is 1. The average Bonchev–Trinajstić information content (AvgIpc) is 2.37. The van der Waals surface area contributed by atoms with Crippen LogP contribution in [0.5, 0.6) is 0 Å². The normalized spacial score (nSPS) is 19.9. The maximum Gasteiger partial charge on any atom is 0.252 e. The SMILES string of the molecule is O=C(NCC1COCCO1)c1cncc(Br)c1. The van der Waals surface area contributed by atoms with Crippen LogP contribution < -0.4 is 5.32 Å². The van der Waals surface area contributed by atoms with Crippen molar-refractivity contribution in [3.63, 3.8) is 0 Å². The number of carbonyl (C=O) groups excluding carboxylic acids is 1. The Kier molecular flexibility index (Phi) is 4.47. The lowest BCUT2D eigenvalue weighted by atomic mass is 10.2. The zero-order valence-corrected chi connectivity index (χ0v) is 10.8. The number of rotatable bonds is 3. The Morgan fingerprint density at radius 2 is 2.41 bits per heavy atom. The molecule has 0 saturated carbocycles. The third-order valence-electron chi connectivity index (χ3n) is 2.34. The van der Waals surface area contributed by atoms with Gasteiger partial charge in [-0.05, 0) is 22.0 Å². The van der Waals surface area contributed by atoms with Crippen LogP contribution in [0.2, 0.25) is 0 Å². The van der Waals surface area contributed by atoms with E-state index in [9.17, 15) is 4.79 Å². The number of hydrogen-bond donors (Lipinski definition) is 1. The second kappa shape index (κ2) is 6.09. The molecule has 1 aromatic rings. The van der Waals surface area contributed by atoms with Gasteiger partial charge in [0.2, 0.25) is 0 Å². The molecule has 2 rings (SSSR count). The molecular formula is C11H13BrN2O3. The van der Waals surface area contributed by atoms with Crippen LogP contribution >= 0.6 is 15.9 Å². The third-order valence-corrected chi connectivity index (χ3v) is 2.78. The van der Waals surface area contributed by atoms with E-state index in [1.165, 1.54) is 6.20 Å². The molecule has 0 aromatic carbocycles. The van der Waals surface area contributed by atoms with Crippen molar-refractivity contribution in [1.29, 1.82) is 0 Å². The molecule has 1 fully saturated rings. The molecule has 0 radical (unpaired) electrons. The smallest absolute Gasteiger partial charge is 0.252 e. The quantitative estimate of drug-likeness (QED) is 0.904. The monoisotopic (exact) mass is 300 g/mol. The summed E-state index contributed by atoms with van der Waals surface area (Å²) in [6.45, 7) is 2.18. The van der Waals surface area contributed by atoms with E-state index < -0.39 is 0 Å². The van der Waals surface area contributed by atoms with Crippen LogP contribution in [0.15, 0.2) is 22.9 Å². The molecule has 17 heavy (non-hydrogen) atoms. The van der Waals surface area contributed by atoms with E-state index in [-0.39, 0.29) is 12.0 Å². The zero-order valence-electron chi connectivity index (χ0n) is 9.19. The number of halogens is 1. The summed E-state index contributed by atoms with van der Waals surface area (Å²) < 4.78 is 11.4. The summed E-state index contributed by atoms with van der Waals surface area (Å²) in [7, 11) is 0. The van der Waals surface area contributed by atoms with Gasteiger partial charge in [-0.25, -0.2) is 0 Å². The van der Waals surface area contributed by atoms with Gasteiger partial charge in [-0.3, -0.25) is 9.78 Å². The van der Waals surface area contributed by atoms with Crippen molar-refractivity contribution in [3.8, 4) is 0 Å². The maximum absolute atomic E-state index is 11.8. The Morgan fingerprint density at radius 1 is 1.53 bits per heavy atom. The first-order valence-corrected chi connectivity index (χ1v) is 6.13. The van der Waals surface area contributed by atoms with Crippen LogP contribution in [0.1, 0.15) is 10.4 Å². The molecule has 92 valence electrons. The highest BCUT2D eigenvalue weighted by Gasteiger charge is 2.15. The van der Waals surface area contributed by atoms with Crippen molar-refractivity contribution in [2.45, 2.75) is 6.10 Å². The second-order valence-corrected chi connectivity index (χ2v) is 4.59. The fourth-order valence-electron chi connectivity index (χ4n) is 1.50. The van der Waals surface area contributed by atoms with E-state index in [2.05, 4.69) is 26.2 Å². The largest absolute Gasteiger partial charge is 0.376 e. The standard InChI is InChI=1S/C11H13BrN2O3/c12-9-3-8(4-13-5-9)11(15)14-6-10-7-16-1-2-17-10/h3-5,10H,1-2,6-7H2,(H,14,15). The van der Waals surface area contributed by atoms with E-state index in [0.29, 0.717) is 31.9 Å². The molecule has 6 heteroatoms. The van der Waals surface area contributed by atoms with Crippen LogP contribution in [-0.4, -0.2) is 43.4 Å². The first-order valence-electron chi connectivity index (χ1n) is 5.34. The molecule has 1 unspecified atom stereocenters. The molecule has 1 amide bonds. The number of carbonyl (C=O) groups is 1. The highest BCUT2D eigenvalue weighted by molar-refractivity contribution is 9.10. The first kappa shape index (κ1) is 12.5. The number of amides is 1. The van der Waals surface area contributed by atoms with Gasteiger partial charge in [0.05, 0.1) is 31.5 Å². The molecule has 1 aromatic heterocycles. The van der Waals surface area contributed by atoms with Crippen molar-refractivity contribution in [1.82, 2.24) is 10.3 Å². The molecule has 0 aliphatic carbocycles. The molecule has 0 bridgehead atoms. The van der Waals surface area contributed by atoms with Crippen molar-refractivity contribution in [3.05, 3.63) is 28.5 Å². The van der Waals surface area contributed by atoms with E-state index in [1.54, 1.807) is 12.3 Å². The molecule has 1 aliphatic heterocycles. The molecule has 2 heterocycles. The molecule has 1 N–H and O–H groups in total. The molecule has 1 atom stereocenters. The van der Waals surface area contributed by atoms with Gasteiger partial charge in [-0.15, -0.1) is 0 Å². The summed E-state index contributed by atoms with van der Waals surface area (Å²) in [4.78, 5) is 15.7. The van der Waals surface area contributed by atoms with Crippen molar-refractivity contribution >= 4 is 21.8 Å². The summed E-state index contributed by atoms with van der Waals surface area (Å²) in [6.07, 6.45) is 3.10. The predicted octanol–water partition coefficient (Wildman–Crippen LogP) is 0.989. The fourth-order valence-corrected chi connectivity index (χ4v) is 1.86. The Labute approximate surface area is 108 Å². The Balaban J connectivity index is 1.84. The Bertz CT molecular complexity index is 394. The van der Waals surface area contributed by atoms with Gasteiger partial charge in [0.1, 0.15) is 0 Å². The van der Waals surface area contributed by atoms with Crippen LogP contribution in [-0.2, 0) is 9.47 Å². The van der Waals surface area contributed by atoms with Crippen molar-refractivity contribution in [2.75, 3.05) is 26.4 Å². The molecule has 0 spiro atoms. The van der Waals surface area contributed by atoms with E-state index >= 15 is 0 Å². The van der Waals surface area contributed by atoms with E-state index in [4.69, 9.17) is 9.47 Å². The van der Waals surface area contributed by atoms with Crippen LogP contribution in [0.4, 0.5) is 0 Å². The minimum absolute atomic E-state index is 0.0622. The van der Waals surface area contributed by atoms with Gasteiger partial charge in [-0.1, -0.05) is 0 Å². The Hall–Kier alpha value is -0.980. The second-order valence-electron chi connectivity index (χ2n) is 3.67. The maximum atomic E-state index is 11.8. The summed E-state index contributed by atoms with van der Waals surface area (Å²) >= 11 is 3.27. The van der Waals surface area contributed by atoms with Crippen molar-refractivity contribution in [2.24, 2.45) is 0 Å². The summed E-state index contributed by atoms with van der Waals surface area (Å²) in [5.74, 6) is -0.159. The highest BCUT2D eigenvalue weighted by Crippen LogP contribution is 2.09. The molecular weight excluding hydrogens is 288 g/mol. The zero-order chi connectivity index (χ0) is 12.1. The topological polar surface area (TPSA) is 60.5 Å². The lowest BCUT2D eigenvalue weighted by Crippen LogP contribution is -2.39. The summed E-state index contributed by atoms with van der Waals surface area (Å²) in [6, 6.07) is 1.72. The minimum Gasteiger partial charge on any atom is -0.376 e. The average molecular weight is 301 g/mol. The van der Waals surface area contributed by atoms with E-state index in [0.717, 1.165) is 4.47 Å². The van der Waals surface area contributed by atoms with Crippen LogP contribution in [0.25, 0.3) is 0 Å².